The Labute approximate surface area is 199 Å². The molecule has 0 N–H and O–H groups in total. The molecule has 4 heteroatoms. The highest BCUT2D eigenvalue weighted by molar-refractivity contribution is 8.77. The van der Waals surface area contributed by atoms with Crippen LogP contribution < -0.4 is 0 Å². The van der Waals surface area contributed by atoms with Gasteiger partial charge in [0.1, 0.15) is 10.8 Å². The highest BCUT2D eigenvalue weighted by Gasteiger charge is 2.24. The van der Waals surface area contributed by atoms with Gasteiger partial charge in [0.25, 0.3) is 0 Å². The summed E-state index contributed by atoms with van der Waals surface area (Å²) in [5.41, 5.74) is 0. The van der Waals surface area contributed by atoms with Gasteiger partial charge in [-0.3, -0.25) is 4.79 Å². The lowest BCUT2D eigenvalue weighted by Crippen LogP contribution is -2.20. The van der Waals surface area contributed by atoms with Crippen LogP contribution in [0.15, 0.2) is 29.4 Å². The number of carbonyl (C=O) groups is 1. The van der Waals surface area contributed by atoms with Crippen LogP contribution in [0.2, 0.25) is 0 Å². The lowest BCUT2D eigenvalue weighted by Gasteiger charge is -2.24. The van der Waals surface area contributed by atoms with Crippen LogP contribution in [0.1, 0.15) is 123 Å². The largest absolute Gasteiger partial charge is 0.299 e. The molecule has 1 saturated carbocycles. The molecule has 31 heavy (non-hydrogen) atoms. The number of rotatable bonds is 7. The van der Waals surface area contributed by atoms with Crippen molar-refractivity contribution in [3.05, 3.63) is 24.4 Å². The number of hydrogen-bond acceptors (Lipinski definition) is 4. The highest BCUT2D eigenvalue weighted by atomic mass is 33.1. The molecule has 0 aliphatic heterocycles. The van der Waals surface area contributed by atoms with Crippen LogP contribution >= 0.6 is 21.6 Å². The lowest BCUT2D eigenvalue weighted by atomic mass is 9.87. The molecule has 0 bridgehead atoms. The smallest absolute Gasteiger partial charge is 0.136 e. The number of nitrogens with zero attached hydrogens (tertiary/aromatic N) is 1. The fourth-order valence-corrected chi connectivity index (χ4v) is 6.63. The summed E-state index contributed by atoms with van der Waals surface area (Å²) in [6, 6.07) is 6.04. The second kappa shape index (κ2) is 16.2. The Hall–Kier alpha value is -0.480. The summed E-state index contributed by atoms with van der Waals surface area (Å²) in [7, 11) is 3.58. The molecule has 1 aliphatic carbocycles. The standard InChI is InChI=1S/C27H45NOS2/c1-27(2,31-30-26-20-16-17-23-28-26)22-21-25(29)24-18-14-12-10-8-6-4-3-5-7-9-11-13-15-19-24/h16-17,20,23-24H,3-15,18-19,21-22H2,1-2H3. The van der Waals surface area contributed by atoms with Gasteiger partial charge in [-0.15, -0.1) is 0 Å². The van der Waals surface area contributed by atoms with Gasteiger partial charge in [-0.1, -0.05) is 100 Å². The second-order valence-electron chi connectivity index (χ2n) is 9.93. The highest BCUT2D eigenvalue weighted by Crippen LogP contribution is 2.42. The third kappa shape index (κ3) is 13.0. The van der Waals surface area contributed by atoms with E-state index in [2.05, 4.69) is 24.9 Å². The zero-order valence-electron chi connectivity index (χ0n) is 20.1. The topological polar surface area (TPSA) is 30.0 Å². The average molecular weight is 464 g/mol. The Balaban J connectivity index is 1.76. The fourth-order valence-electron chi connectivity index (χ4n) is 4.41. The third-order valence-electron chi connectivity index (χ3n) is 6.52. The Bertz CT molecular complexity index is 574. The zero-order valence-corrected chi connectivity index (χ0v) is 21.7. The van der Waals surface area contributed by atoms with E-state index in [0.29, 0.717) is 11.7 Å². The Morgan fingerprint density at radius 2 is 1.39 bits per heavy atom. The predicted octanol–water partition coefficient (Wildman–Crippen LogP) is 9.43. The van der Waals surface area contributed by atoms with Gasteiger partial charge in [0.2, 0.25) is 0 Å². The molecular weight excluding hydrogens is 418 g/mol. The van der Waals surface area contributed by atoms with E-state index >= 15 is 0 Å². The van der Waals surface area contributed by atoms with Gasteiger partial charge in [0, 0.05) is 23.3 Å². The lowest BCUT2D eigenvalue weighted by molar-refractivity contribution is -0.123. The molecule has 1 heterocycles. The van der Waals surface area contributed by atoms with E-state index in [1.807, 2.05) is 29.1 Å². The molecule has 2 nitrogen and oxygen atoms in total. The SMILES string of the molecule is CC(C)(CCC(=O)C1CCCCCCCCCCCCCCC1)SSc1ccccn1. The van der Waals surface area contributed by atoms with Crippen LogP contribution in [0.3, 0.4) is 0 Å². The summed E-state index contributed by atoms with van der Waals surface area (Å²) in [4.78, 5) is 17.5. The molecule has 1 aromatic heterocycles. The van der Waals surface area contributed by atoms with Crippen LogP contribution in [-0.2, 0) is 4.79 Å². The summed E-state index contributed by atoms with van der Waals surface area (Å²) in [6.45, 7) is 4.53. The van der Waals surface area contributed by atoms with Crippen molar-refractivity contribution in [2.45, 2.75) is 133 Å². The molecule has 0 spiro atoms. The van der Waals surface area contributed by atoms with E-state index in [1.165, 1.54) is 83.5 Å². The number of pyridine rings is 1. The molecule has 0 unspecified atom stereocenters. The van der Waals surface area contributed by atoms with Gasteiger partial charge < -0.3 is 0 Å². The van der Waals surface area contributed by atoms with Gasteiger partial charge in [-0.25, -0.2) is 4.98 Å². The van der Waals surface area contributed by atoms with Crippen LogP contribution in [0.25, 0.3) is 0 Å². The third-order valence-corrected chi connectivity index (χ3v) is 9.79. The van der Waals surface area contributed by atoms with E-state index in [0.717, 1.165) is 30.7 Å². The van der Waals surface area contributed by atoms with Gasteiger partial charge in [0.05, 0.1) is 0 Å². The van der Waals surface area contributed by atoms with Crippen molar-refractivity contribution in [1.29, 1.82) is 0 Å². The molecule has 1 fully saturated rings. The van der Waals surface area contributed by atoms with E-state index in [-0.39, 0.29) is 4.75 Å². The van der Waals surface area contributed by atoms with Gasteiger partial charge in [-0.05, 0) is 56.0 Å². The van der Waals surface area contributed by atoms with E-state index < -0.39 is 0 Å². The number of hydrogen-bond donors (Lipinski definition) is 0. The second-order valence-corrected chi connectivity index (χ2v) is 12.8. The van der Waals surface area contributed by atoms with Crippen molar-refractivity contribution in [2.24, 2.45) is 5.92 Å². The molecule has 1 aromatic rings. The maximum absolute atomic E-state index is 13.1. The molecule has 176 valence electrons. The van der Waals surface area contributed by atoms with E-state index in [1.54, 1.807) is 10.8 Å². The molecule has 1 aliphatic rings. The van der Waals surface area contributed by atoms with Crippen molar-refractivity contribution >= 4 is 27.4 Å². The molecule has 0 radical (unpaired) electrons. The Morgan fingerprint density at radius 3 is 1.87 bits per heavy atom. The normalized spacial score (nSPS) is 19.2. The Morgan fingerprint density at radius 1 is 0.871 bits per heavy atom. The molecule has 0 amide bonds. The predicted molar refractivity (Wildman–Crippen MR) is 139 cm³/mol. The fraction of sp³-hybridized carbons (Fsp3) is 0.778. The van der Waals surface area contributed by atoms with Crippen molar-refractivity contribution in [2.75, 3.05) is 0 Å². The summed E-state index contributed by atoms with van der Waals surface area (Å²) in [6.07, 6.45) is 23.5. The molecule has 2 rings (SSSR count). The van der Waals surface area contributed by atoms with E-state index in [9.17, 15) is 4.79 Å². The zero-order chi connectivity index (χ0) is 22.2. The Kier molecular flexibility index (Phi) is 14.0. The first kappa shape index (κ1) is 26.8. The molecule has 0 saturated heterocycles. The maximum atomic E-state index is 13.1. The summed E-state index contributed by atoms with van der Waals surface area (Å²) in [5, 5.41) is 1.05. The van der Waals surface area contributed by atoms with Crippen molar-refractivity contribution in [3.8, 4) is 0 Å². The minimum Gasteiger partial charge on any atom is -0.299 e. The minimum atomic E-state index is 0.0795. The monoisotopic (exact) mass is 463 g/mol. The first-order valence-electron chi connectivity index (χ1n) is 12.9. The maximum Gasteiger partial charge on any atom is 0.136 e. The van der Waals surface area contributed by atoms with Gasteiger partial charge in [-0.2, -0.15) is 0 Å². The van der Waals surface area contributed by atoms with Crippen molar-refractivity contribution < 1.29 is 4.79 Å². The number of aromatic nitrogens is 1. The van der Waals surface area contributed by atoms with E-state index in [4.69, 9.17) is 0 Å². The van der Waals surface area contributed by atoms with Crippen LogP contribution in [0.5, 0.6) is 0 Å². The van der Waals surface area contributed by atoms with Crippen LogP contribution in [-0.4, -0.2) is 15.5 Å². The summed E-state index contributed by atoms with van der Waals surface area (Å²) < 4.78 is 0.0795. The molecule has 0 aromatic carbocycles. The first-order valence-corrected chi connectivity index (χ1v) is 15.0. The van der Waals surface area contributed by atoms with Crippen molar-refractivity contribution in [1.82, 2.24) is 4.98 Å². The van der Waals surface area contributed by atoms with Gasteiger partial charge >= 0.3 is 0 Å². The first-order chi connectivity index (χ1) is 15.1. The number of Topliss-reactive ketones (excluding diaryl/α,β-unsaturated/α-hetero) is 1. The average Bonchev–Trinajstić information content (AvgIpc) is 2.77. The quantitative estimate of drug-likeness (QED) is 0.377. The summed E-state index contributed by atoms with van der Waals surface area (Å²) in [5.74, 6) is 0.828. The van der Waals surface area contributed by atoms with Crippen molar-refractivity contribution in [3.63, 3.8) is 0 Å². The molecule has 0 atom stereocenters. The summed E-state index contributed by atoms with van der Waals surface area (Å²) >= 11 is 0. The minimum absolute atomic E-state index is 0.0795. The number of ketones is 1. The van der Waals surface area contributed by atoms with Gasteiger partial charge in [0.15, 0.2) is 0 Å². The number of carbonyl (C=O) groups excluding carboxylic acids is 1. The van der Waals surface area contributed by atoms with Crippen LogP contribution in [0.4, 0.5) is 0 Å². The molecular formula is C27H45NOS2. The van der Waals surface area contributed by atoms with Crippen LogP contribution in [0, 0.1) is 5.92 Å².